The van der Waals surface area contributed by atoms with Gasteiger partial charge in [-0.25, -0.2) is 0 Å². The van der Waals surface area contributed by atoms with Gasteiger partial charge in [-0.05, 0) is 52.2 Å². The summed E-state index contributed by atoms with van der Waals surface area (Å²) in [4.78, 5) is 14.7. The number of amides is 1. The average Bonchev–Trinajstić information content (AvgIpc) is 3.21. The van der Waals surface area contributed by atoms with Crippen LogP contribution in [0.15, 0.2) is 28.0 Å². The van der Waals surface area contributed by atoms with Gasteiger partial charge in [-0.3, -0.25) is 9.36 Å². The van der Waals surface area contributed by atoms with Gasteiger partial charge in [0.15, 0.2) is 16.7 Å². The summed E-state index contributed by atoms with van der Waals surface area (Å²) in [6.07, 6.45) is 5.01. The summed E-state index contributed by atoms with van der Waals surface area (Å²) in [5.74, 6) is 1.98. The van der Waals surface area contributed by atoms with Gasteiger partial charge >= 0.3 is 0 Å². The first-order chi connectivity index (χ1) is 11.6. The predicted octanol–water partition coefficient (Wildman–Crippen LogP) is 3.44. The minimum Gasteiger partial charge on any atom is -0.461 e. The molecular formula is C17H24N4O2S. The summed E-state index contributed by atoms with van der Waals surface area (Å²) in [7, 11) is 0. The third-order valence-electron chi connectivity index (χ3n) is 4.58. The maximum atomic E-state index is 12.7. The molecular weight excluding hydrogens is 324 g/mol. The number of rotatable bonds is 5. The summed E-state index contributed by atoms with van der Waals surface area (Å²) >= 11 is 1.45. The smallest absolute Gasteiger partial charge is 0.233 e. The summed E-state index contributed by atoms with van der Waals surface area (Å²) in [6, 6.07) is 4.35. The van der Waals surface area contributed by atoms with E-state index in [1.165, 1.54) is 18.2 Å². The fourth-order valence-electron chi connectivity index (χ4n) is 3.38. The van der Waals surface area contributed by atoms with Gasteiger partial charge in [0.05, 0.1) is 12.0 Å². The molecule has 1 saturated heterocycles. The number of aromatic nitrogens is 3. The second-order valence-corrected chi connectivity index (χ2v) is 7.19. The van der Waals surface area contributed by atoms with Gasteiger partial charge in [0.2, 0.25) is 5.91 Å². The highest BCUT2D eigenvalue weighted by Crippen LogP contribution is 2.27. The molecule has 0 spiro atoms. The molecule has 0 radical (unpaired) electrons. The lowest BCUT2D eigenvalue weighted by atomic mass is 9.98. The highest BCUT2D eigenvalue weighted by Gasteiger charge is 2.29. The Kier molecular flexibility index (Phi) is 5.28. The second kappa shape index (κ2) is 7.42. The Morgan fingerprint density at radius 3 is 2.71 bits per heavy atom. The van der Waals surface area contributed by atoms with E-state index in [0.29, 0.717) is 29.4 Å². The molecule has 1 aliphatic heterocycles. The molecule has 2 atom stereocenters. The lowest BCUT2D eigenvalue weighted by Gasteiger charge is -2.39. The van der Waals surface area contributed by atoms with Crippen LogP contribution >= 0.6 is 11.8 Å². The molecule has 3 rings (SSSR count). The van der Waals surface area contributed by atoms with E-state index in [1.54, 1.807) is 6.26 Å². The topological polar surface area (TPSA) is 64.2 Å². The molecule has 24 heavy (non-hydrogen) atoms. The SMILES string of the molecule is CCn1c(SCC(=O)N2[C@@H](C)CCC[C@@H]2C)nnc1-c1ccco1. The Bertz CT molecular complexity index is 673. The van der Waals surface area contributed by atoms with Crippen molar-refractivity contribution in [3.05, 3.63) is 18.4 Å². The molecule has 3 heterocycles. The Morgan fingerprint density at radius 2 is 2.08 bits per heavy atom. The summed E-state index contributed by atoms with van der Waals surface area (Å²) in [5, 5.41) is 9.23. The second-order valence-electron chi connectivity index (χ2n) is 6.25. The highest BCUT2D eigenvalue weighted by molar-refractivity contribution is 7.99. The molecule has 6 nitrogen and oxygen atoms in total. The minimum absolute atomic E-state index is 0.185. The van der Waals surface area contributed by atoms with E-state index in [0.717, 1.165) is 24.5 Å². The van der Waals surface area contributed by atoms with Gasteiger partial charge in [0.25, 0.3) is 0 Å². The van der Waals surface area contributed by atoms with Crippen molar-refractivity contribution in [3.63, 3.8) is 0 Å². The maximum Gasteiger partial charge on any atom is 0.233 e. The van der Waals surface area contributed by atoms with Crippen molar-refractivity contribution in [1.82, 2.24) is 19.7 Å². The number of carbonyl (C=O) groups excluding carboxylic acids is 1. The minimum atomic E-state index is 0.185. The number of thioether (sulfide) groups is 1. The molecule has 1 amide bonds. The fourth-order valence-corrected chi connectivity index (χ4v) is 4.25. The quantitative estimate of drug-likeness (QED) is 0.775. The first-order valence-electron chi connectivity index (χ1n) is 8.52. The van der Waals surface area contributed by atoms with Crippen LogP contribution in [-0.4, -0.2) is 43.4 Å². The van der Waals surface area contributed by atoms with Crippen LogP contribution in [0.3, 0.4) is 0 Å². The number of piperidine rings is 1. The van der Waals surface area contributed by atoms with Crippen molar-refractivity contribution in [2.45, 2.75) is 63.8 Å². The van der Waals surface area contributed by atoms with Gasteiger partial charge in [-0.15, -0.1) is 10.2 Å². The zero-order valence-corrected chi connectivity index (χ0v) is 15.3. The first-order valence-corrected chi connectivity index (χ1v) is 9.51. The van der Waals surface area contributed by atoms with Crippen LogP contribution in [-0.2, 0) is 11.3 Å². The van der Waals surface area contributed by atoms with Gasteiger partial charge in [0, 0.05) is 18.6 Å². The maximum absolute atomic E-state index is 12.7. The van der Waals surface area contributed by atoms with Crippen LogP contribution < -0.4 is 0 Å². The van der Waals surface area contributed by atoms with Crippen molar-refractivity contribution >= 4 is 17.7 Å². The molecule has 1 fully saturated rings. The van der Waals surface area contributed by atoms with Crippen molar-refractivity contribution in [2.24, 2.45) is 0 Å². The van der Waals surface area contributed by atoms with Crippen molar-refractivity contribution in [1.29, 1.82) is 0 Å². The Morgan fingerprint density at radius 1 is 1.33 bits per heavy atom. The first kappa shape index (κ1) is 17.1. The van der Waals surface area contributed by atoms with Crippen molar-refractivity contribution in [3.8, 4) is 11.6 Å². The average molecular weight is 348 g/mol. The van der Waals surface area contributed by atoms with Crippen LogP contribution in [0, 0.1) is 0 Å². The molecule has 2 aromatic heterocycles. The summed E-state index contributed by atoms with van der Waals surface area (Å²) in [6.45, 7) is 7.05. The lowest BCUT2D eigenvalue weighted by molar-refractivity contribution is -0.134. The largest absolute Gasteiger partial charge is 0.461 e. The Balaban J connectivity index is 1.69. The van der Waals surface area contributed by atoms with Crippen LogP contribution in [0.25, 0.3) is 11.6 Å². The summed E-state index contributed by atoms with van der Waals surface area (Å²) in [5.41, 5.74) is 0. The number of likely N-dealkylation sites (tertiary alicyclic amines) is 1. The monoisotopic (exact) mass is 348 g/mol. The van der Waals surface area contributed by atoms with Crippen molar-refractivity contribution < 1.29 is 9.21 Å². The molecule has 2 aromatic rings. The van der Waals surface area contributed by atoms with Gasteiger partial charge in [0.1, 0.15) is 0 Å². The van der Waals surface area contributed by atoms with Crippen LogP contribution in [0.2, 0.25) is 0 Å². The summed E-state index contributed by atoms with van der Waals surface area (Å²) < 4.78 is 7.40. The zero-order valence-electron chi connectivity index (χ0n) is 14.4. The predicted molar refractivity (Wildman–Crippen MR) is 93.7 cm³/mol. The third kappa shape index (κ3) is 3.36. The van der Waals surface area contributed by atoms with Gasteiger partial charge in [-0.1, -0.05) is 11.8 Å². The number of hydrogen-bond acceptors (Lipinski definition) is 5. The standard InChI is InChI=1S/C17H24N4O2S/c1-4-20-16(14-9-6-10-23-14)18-19-17(20)24-11-15(22)21-12(2)7-5-8-13(21)3/h6,9-10,12-13H,4-5,7-8,11H2,1-3H3/t12-,13-/m0/s1. The van der Waals surface area contributed by atoms with E-state index in [1.807, 2.05) is 28.5 Å². The Labute approximate surface area is 146 Å². The van der Waals surface area contributed by atoms with Crippen molar-refractivity contribution in [2.75, 3.05) is 5.75 Å². The fraction of sp³-hybridized carbons (Fsp3) is 0.588. The molecule has 130 valence electrons. The molecule has 0 aliphatic carbocycles. The van der Waals surface area contributed by atoms with Crippen LogP contribution in [0.1, 0.15) is 40.0 Å². The van der Waals surface area contributed by atoms with E-state index in [2.05, 4.69) is 24.0 Å². The molecule has 0 aromatic carbocycles. The number of nitrogens with zero attached hydrogens (tertiary/aromatic N) is 4. The molecule has 0 bridgehead atoms. The molecule has 0 N–H and O–H groups in total. The number of furan rings is 1. The van der Waals surface area contributed by atoms with E-state index in [4.69, 9.17) is 4.42 Å². The van der Waals surface area contributed by atoms with E-state index in [-0.39, 0.29) is 5.91 Å². The van der Waals surface area contributed by atoms with E-state index in [9.17, 15) is 4.79 Å². The van der Waals surface area contributed by atoms with E-state index >= 15 is 0 Å². The highest BCUT2D eigenvalue weighted by atomic mass is 32.2. The van der Waals surface area contributed by atoms with E-state index < -0.39 is 0 Å². The number of hydrogen-bond donors (Lipinski definition) is 0. The molecule has 1 aliphatic rings. The zero-order chi connectivity index (χ0) is 17.1. The third-order valence-corrected chi connectivity index (χ3v) is 5.53. The van der Waals surface area contributed by atoms with Crippen LogP contribution in [0.4, 0.5) is 0 Å². The normalized spacial score (nSPS) is 21.2. The van der Waals surface area contributed by atoms with Gasteiger partial charge in [-0.2, -0.15) is 0 Å². The molecule has 7 heteroatoms. The molecule has 0 unspecified atom stereocenters. The van der Waals surface area contributed by atoms with Gasteiger partial charge < -0.3 is 9.32 Å². The Hall–Kier alpha value is -1.76. The van der Waals surface area contributed by atoms with Crippen LogP contribution in [0.5, 0.6) is 0 Å². The lowest BCUT2D eigenvalue weighted by Crippen LogP contribution is -2.48. The molecule has 0 saturated carbocycles. The number of carbonyl (C=O) groups is 1.